The van der Waals surface area contributed by atoms with E-state index in [9.17, 15) is 0 Å². The van der Waals surface area contributed by atoms with Gasteiger partial charge in [-0.3, -0.25) is 4.90 Å². The maximum atomic E-state index is 4.38. The summed E-state index contributed by atoms with van der Waals surface area (Å²) in [5.74, 6) is 0.992. The number of rotatable bonds is 6. The van der Waals surface area contributed by atoms with Crippen LogP contribution in [-0.2, 0) is 0 Å². The van der Waals surface area contributed by atoms with Crippen molar-refractivity contribution in [1.29, 1.82) is 0 Å². The molecule has 2 aliphatic rings. The van der Waals surface area contributed by atoms with Gasteiger partial charge in [-0.1, -0.05) is 0 Å². The van der Waals surface area contributed by atoms with E-state index >= 15 is 0 Å². The van der Waals surface area contributed by atoms with Crippen molar-refractivity contribution in [2.45, 2.75) is 12.8 Å². The summed E-state index contributed by atoms with van der Waals surface area (Å²) in [6.07, 6.45) is 4.78. The molecule has 1 saturated heterocycles. The lowest BCUT2D eigenvalue weighted by Gasteiger charge is -2.34. The lowest BCUT2D eigenvalue weighted by Crippen LogP contribution is -2.48. The van der Waals surface area contributed by atoms with E-state index in [1.807, 2.05) is 6.20 Å². The molecule has 0 aromatic carbocycles. The summed E-state index contributed by atoms with van der Waals surface area (Å²) in [6.45, 7) is 8.16. The predicted molar refractivity (Wildman–Crippen MR) is 76.4 cm³/mol. The van der Waals surface area contributed by atoms with Gasteiger partial charge in [0.2, 0.25) is 0 Å². The monoisotopic (exact) mass is 266 g/mol. The third-order valence-electron chi connectivity index (χ3n) is 3.80. The number of hydrogen-bond acceptors (Lipinski definition) is 5. The van der Waals surface area contributed by atoms with E-state index in [0.717, 1.165) is 25.6 Å². The van der Waals surface area contributed by atoms with Crippen LogP contribution in [0, 0.1) is 5.92 Å². The number of piperazine rings is 1. The molecule has 0 amide bonds. The van der Waals surface area contributed by atoms with E-state index in [-0.39, 0.29) is 0 Å². The minimum absolute atomic E-state index is 0.992. The molecule has 2 heterocycles. The van der Waals surface area contributed by atoms with Crippen molar-refractivity contribution in [3.05, 3.63) is 11.6 Å². The lowest BCUT2D eigenvalue weighted by atomic mass is 10.3. The van der Waals surface area contributed by atoms with Crippen LogP contribution in [0.25, 0.3) is 0 Å². The number of thiazole rings is 1. The second kappa shape index (κ2) is 5.99. The fourth-order valence-electron chi connectivity index (χ4n) is 2.40. The second-order valence-corrected chi connectivity index (χ2v) is 6.16. The molecule has 100 valence electrons. The molecule has 0 spiro atoms. The SMILES string of the molecule is c1csc(N2CCN(CCNCC3CC3)CC2)n1. The Kier molecular flexibility index (Phi) is 4.13. The van der Waals surface area contributed by atoms with Crippen molar-refractivity contribution in [1.82, 2.24) is 15.2 Å². The van der Waals surface area contributed by atoms with Gasteiger partial charge in [0.15, 0.2) is 5.13 Å². The first-order chi connectivity index (χ1) is 8.92. The summed E-state index contributed by atoms with van der Waals surface area (Å²) in [5.41, 5.74) is 0. The van der Waals surface area contributed by atoms with Crippen LogP contribution in [0.3, 0.4) is 0 Å². The molecule has 1 aromatic heterocycles. The quantitative estimate of drug-likeness (QED) is 0.786. The summed E-state index contributed by atoms with van der Waals surface area (Å²) >= 11 is 1.75. The minimum atomic E-state index is 0.992. The van der Waals surface area contributed by atoms with E-state index in [4.69, 9.17) is 0 Å². The zero-order valence-corrected chi connectivity index (χ0v) is 11.7. The van der Waals surface area contributed by atoms with Crippen molar-refractivity contribution in [2.24, 2.45) is 5.92 Å². The smallest absolute Gasteiger partial charge is 0.185 e. The number of nitrogens with one attached hydrogen (secondary N) is 1. The first-order valence-electron chi connectivity index (χ1n) is 6.99. The number of nitrogens with zero attached hydrogens (tertiary/aromatic N) is 3. The van der Waals surface area contributed by atoms with Gasteiger partial charge < -0.3 is 10.2 Å². The highest BCUT2D eigenvalue weighted by molar-refractivity contribution is 7.13. The molecular formula is C13H22N4S. The van der Waals surface area contributed by atoms with E-state index in [1.54, 1.807) is 11.3 Å². The van der Waals surface area contributed by atoms with Gasteiger partial charge in [-0.2, -0.15) is 0 Å². The highest BCUT2D eigenvalue weighted by Gasteiger charge is 2.21. The molecule has 5 heteroatoms. The molecule has 2 fully saturated rings. The molecule has 1 N–H and O–H groups in total. The van der Waals surface area contributed by atoms with Gasteiger partial charge >= 0.3 is 0 Å². The van der Waals surface area contributed by atoms with Crippen LogP contribution in [0.4, 0.5) is 5.13 Å². The highest BCUT2D eigenvalue weighted by atomic mass is 32.1. The molecule has 1 aliphatic carbocycles. The first kappa shape index (κ1) is 12.4. The molecule has 4 nitrogen and oxygen atoms in total. The Morgan fingerprint density at radius 3 is 2.78 bits per heavy atom. The first-order valence-corrected chi connectivity index (χ1v) is 7.87. The van der Waals surface area contributed by atoms with Gasteiger partial charge in [0.05, 0.1) is 0 Å². The van der Waals surface area contributed by atoms with E-state index < -0.39 is 0 Å². The molecule has 0 unspecified atom stereocenters. The Hall–Kier alpha value is -0.650. The average molecular weight is 266 g/mol. The number of aromatic nitrogens is 1. The summed E-state index contributed by atoms with van der Waals surface area (Å²) in [5, 5.41) is 6.81. The molecule has 0 atom stereocenters. The summed E-state index contributed by atoms with van der Waals surface area (Å²) in [7, 11) is 0. The average Bonchev–Trinajstić information content (AvgIpc) is 3.07. The molecule has 0 radical (unpaired) electrons. The standard InChI is InChI=1S/C13H22N4S/c1-2-12(1)11-14-3-5-16-6-8-17(9-7-16)13-15-4-10-18-13/h4,10,12,14H,1-3,5-9,11H2. The Morgan fingerprint density at radius 2 is 2.11 bits per heavy atom. The van der Waals surface area contributed by atoms with Crippen molar-refractivity contribution >= 4 is 16.5 Å². The fourth-order valence-corrected chi connectivity index (χ4v) is 3.10. The third-order valence-corrected chi connectivity index (χ3v) is 4.63. The highest BCUT2D eigenvalue weighted by Crippen LogP contribution is 2.27. The maximum absolute atomic E-state index is 4.38. The Labute approximate surface area is 113 Å². The predicted octanol–water partition coefficient (Wildman–Crippen LogP) is 1.26. The van der Waals surface area contributed by atoms with Gasteiger partial charge in [0.25, 0.3) is 0 Å². The van der Waals surface area contributed by atoms with E-state index in [0.29, 0.717) is 0 Å². The van der Waals surface area contributed by atoms with Crippen LogP contribution in [0.2, 0.25) is 0 Å². The van der Waals surface area contributed by atoms with Crippen LogP contribution >= 0.6 is 11.3 Å². The largest absolute Gasteiger partial charge is 0.346 e. The van der Waals surface area contributed by atoms with Gasteiger partial charge in [-0.25, -0.2) is 4.98 Å². The molecule has 1 saturated carbocycles. The second-order valence-electron chi connectivity index (χ2n) is 5.29. The number of hydrogen-bond donors (Lipinski definition) is 1. The van der Waals surface area contributed by atoms with E-state index in [1.165, 1.54) is 44.2 Å². The summed E-state index contributed by atoms with van der Waals surface area (Å²) < 4.78 is 0. The lowest BCUT2D eigenvalue weighted by molar-refractivity contribution is 0.257. The maximum Gasteiger partial charge on any atom is 0.185 e. The topological polar surface area (TPSA) is 31.4 Å². The Balaban J connectivity index is 1.32. The normalized spacial score (nSPS) is 21.4. The van der Waals surface area contributed by atoms with Crippen LogP contribution in [0.5, 0.6) is 0 Å². The van der Waals surface area contributed by atoms with Crippen LogP contribution in [0.1, 0.15) is 12.8 Å². The summed E-state index contributed by atoms with van der Waals surface area (Å²) in [4.78, 5) is 9.34. The van der Waals surface area contributed by atoms with Crippen molar-refractivity contribution in [3.63, 3.8) is 0 Å². The van der Waals surface area contributed by atoms with Gasteiger partial charge in [-0.15, -0.1) is 11.3 Å². The van der Waals surface area contributed by atoms with Gasteiger partial charge in [-0.05, 0) is 25.3 Å². The minimum Gasteiger partial charge on any atom is -0.346 e. The molecule has 18 heavy (non-hydrogen) atoms. The van der Waals surface area contributed by atoms with Crippen LogP contribution in [-0.4, -0.2) is 55.7 Å². The fraction of sp³-hybridized carbons (Fsp3) is 0.769. The van der Waals surface area contributed by atoms with E-state index in [2.05, 4.69) is 25.5 Å². The number of anilines is 1. The third kappa shape index (κ3) is 3.43. The van der Waals surface area contributed by atoms with Crippen molar-refractivity contribution in [2.75, 3.05) is 50.7 Å². The molecular weight excluding hydrogens is 244 g/mol. The van der Waals surface area contributed by atoms with Crippen LogP contribution < -0.4 is 10.2 Å². The molecule has 3 rings (SSSR count). The Bertz CT molecular complexity index is 342. The molecule has 1 aliphatic heterocycles. The van der Waals surface area contributed by atoms with Crippen LogP contribution in [0.15, 0.2) is 11.6 Å². The van der Waals surface area contributed by atoms with Gasteiger partial charge in [0.1, 0.15) is 0 Å². The zero-order chi connectivity index (χ0) is 12.2. The van der Waals surface area contributed by atoms with Crippen molar-refractivity contribution in [3.8, 4) is 0 Å². The zero-order valence-electron chi connectivity index (χ0n) is 10.8. The molecule has 0 bridgehead atoms. The summed E-state index contributed by atoms with van der Waals surface area (Å²) in [6, 6.07) is 0. The molecule has 1 aromatic rings. The van der Waals surface area contributed by atoms with Crippen molar-refractivity contribution < 1.29 is 0 Å². The van der Waals surface area contributed by atoms with Gasteiger partial charge in [0, 0.05) is 50.8 Å². The Morgan fingerprint density at radius 1 is 1.28 bits per heavy atom.